The normalized spacial score (nSPS) is 24.0. The topological polar surface area (TPSA) is 64.2 Å². The maximum atomic E-state index is 14.4. The van der Waals surface area contributed by atoms with E-state index in [1.807, 2.05) is 0 Å². The van der Waals surface area contributed by atoms with Crippen molar-refractivity contribution in [2.24, 2.45) is 5.92 Å². The first-order chi connectivity index (χ1) is 15.1. The summed E-state index contributed by atoms with van der Waals surface area (Å²) in [6.07, 6.45) is -5.65. The van der Waals surface area contributed by atoms with Crippen LogP contribution in [0.2, 0.25) is 0 Å². The van der Waals surface area contributed by atoms with Crippen molar-refractivity contribution in [3.05, 3.63) is 69.8 Å². The van der Waals surface area contributed by atoms with Gasteiger partial charge >= 0.3 is 6.18 Å². The van der Waals surface area contributed by atoms with E-state index in [9.17, 15) is 26.7 Å². The number of alkyl halides is 3. The Balaban J connectivity index is 1.91. The van der Waals surface area contributed by atoms with Crippen LogP contribution in [0, 0.1) is 17.6 Å². The van der Waals surface area contributed by atoms with E-state index in [0.29, 0.717) is 5.52 Å². The van der Waals surface area contributed by atoms with Crippen LogP contribution in [-0.2, 0) is 4.74 Å². The van der Waals surface area contributed by atoms with Crippen LogP contribution in [0.3, 0.4) is 0 Å². The Morgan fingerprint density at radius 2 is 1.97 bits per heavy atom. The molecule has 0 saturated carbocycles. The largest absolute Gasteiger partial charge is 0.493 e. The van der Waals surface area contributed by atoms with Gasteiger partial charge in [0.15, 0.2) is 23.1 Å². The van der Waals surface area contributed by atoms with Crippen LogP contribution in [0.5, 0.6) is 5.75 Å². The van der Waals surface area contributed by atoms with E-state index in [-0.39, 0.29) is 16.6 Å². The molecular weight excluding hydrogens is 435 g/mol. The highest BCUT2D eigenvalue weighted by atomic mass is 19.4. The molecule has 1 fully saturated rings. The van der Waals surface area contributed by atoms with Crippen molar-refractivity contribution in [2.75, 3.05) is 7.11 Å². The van der Waals surface area contributed by atoms with Crippen LogP contribution in [0.4, 0.5) is 22.0 Å². The number of methoxy groups -OCH3 is 1. The zero-order valence-corrected chi connectivity index (χ0v) is 17.0. The predicted octanol–water partition coefficient (Wildman–Crippen LogP) is 5.02. The SMILES string of the molecule is COc1c([C@@H]2[C@H](C)CC(C(F)(F)F)O[C@H]2c2cc(=O)c3cnccc3[nH]2)ccc(F)c1F. The second kappa shape index (κ2) is 8.16. The number of aromatic amines is 1. The van der Waals surface area contributed by atoms with Crippen molar-refractivity contribution in [3.8, 4) is 5.75 Å². The monoisotopic (exact) mass is 454 g/mol. The van der Waals surface area contributed by atoms with E-state index in [1.54, 1.807) is 6.92 Å². The van der Waals surface area contributed by atoms with Crippen LogP contribution in [0.1, 0.15) is 36.6 Å². The van der Waals surface area contributed by atoms with Gasteiger partial charge in [0.25, 0.3) is 0 Å². The summed E-state index contributed by atoms with van der Waals surface area (Å²) in [6.45, 7) is 1.57. The lowest BCUT2D eigenvalue weighted by molar-refractivity contribution is -0.257. The molecule has 0 aliphatic carbocycles. The smallest absolute Gasteiger partial charge is 0.414 e. The van der Waals surface area contributed by atoms with Gasteiger partial charge in [-0.3, -0.25) is 9.78 Å². The number of pyridine rings is 2. The summed E-state index contributed by atoms with van der Waals surface area (Å²) < 4.78 is 79.5. The standard InChI is InChI=1S/C22H19F5N2O3/c1-10-7-17(22(25,26)27)32-21(15-8-16(30)12-9-28-6-5-14(12)29-15)18(10)11-3-4-13(23)19(24)20(11)31-2/h3-6,8-10,17-18,21H,7H2,1-2H3,(H,29,30)/t10-,17?,18+,21+/m1/s1. The summed E-state index contributed by atoms with van der Waals surface area (Å²) in [6, 6.07) is 4.83. The second-order valence-electron chi connectivity index (χ2n) is 7.82. The molecule has 1 unspecified atom stereocenters. The zero-order valence-electron chi connectivity index (χ0n) is 17.0. The summed E-state index contributed by atoms with van der Waals surface area (Å²) in [5, 5.41) is 0.259. The van der Waals surface area contributed by atoms with Gasteiger partial charge in [-0.25, -0.2) is 4.39 Å². The molecule has 1 saturated heterocycles. The molecule has 0 amide bonds. The Bertz CT molecular complexity index is 1210. The fraction of sp³-hybridized carbons (Fsp3) is 0.364. The molecule has 1 N–H and O–H groups in total. The summed E-state index contributed by atoms with van der Waals surface area (Å²) in [5.74, 6) is -4.32. The fourth-order valence-corrected chi connectivity index (χ4v) is 4.33. The van der Waals surface area contributed by atoms with E-state index in [4.69, 9.17) is 9.47 Å². The number of rotatable bonds is 3. The maximum Gasteiger partial charge on any atom is 0.414 e. The first kappa shape index (κ1) is 22.2. The number of nitrogens with one attached hydrogen (secondary N) is 1. The Morgan fingerprint density at radius 1 is 1.22 bits per heavy atom. The Kier molecular flexibility index (Phi) is 5.66. The molecule has 0 spiro atoms. The summed E-state index contributed by atoms with van der Waals surface area (Å²) in [4.78, 5) is 19.4. The third-order valence-corrected chi connectivity index (χ3v) is 5.80. The third-order valence-electron chi connectivity index (χ3n) is 5.80. The lowest BCUT2D eigenvalue weighted by atomic mass is 9.76. The number of ether oxygens (including phenoxy) is 2. The Hall–Kier alpha value is -3.01. The minimum Gasteiger partial charge on any atom is -0.493 e. The molecule has 3 aromatic rings. The number of nitrogens with zero attached hydrogens (tertiary/aromatic N) is 1. The third kappa shape index (κ3) is 3.83. The first-order valence-corrected chi connectivity index (χ1v) is 9.82. The van der Waals surface area contributed by atoms with Crippen molar-refractivity contribution >= 4 is 10.9 Å². The molecule has 170 valence electrons. The van der Waals surface area contributed by atoms with Crippen LogP contribution in [0.15, 0.2) is 41.5 Å². The molecule has 3 heterocycles. The fourth-order valence-electron chi connectivity index (χ4n) is 4.33. The van der Waals surface area contributed by atoms with E-state index >= 15 is 0 Å². The molecule has 4 atom stereocenters. The molecule has 0 radical (unpaired) electrons. The summed E-state index contributed by atoms with van der Waals surface area (Å²) in [5.41, 5.74) is 0.151. The van der Waals surface area contributed by atoms with Crippen LogP contribution >= 0.6 is 0 Å². The number of aromatic nitrogens is 2. The Morgan fingerprint density at radius 3 is 2.66 bits per heavy atom. The molecule has 4 rings (SSSR count). The lowest BCUT2D eigenvalue weighted by Gasteiger charge is -2.42. The summed E-state index contributed by atoms with van der Waals surface area (Å²) in [7, 11) is 1.15. The predicted molar refractivity (Wildman–Crippen MR) is 105 cm³/mol. The van der Waals surface area contributed by atoms with Crippen LogP contribution < -0.4 is 10.2 Å². The highest BCUT2D eigenvalue weighted by molar-refractivity contribution is 5.77. The first-order valence-electron chi connectivity index (χ1n) is 9.82. The molecule has 1 aliphatic heterocycles. The van der Waals surface area contributed by atoms with E-state index in [2.05, 4.69) is 9.97 Å². The Labute approximate surface area is 179 Å². The average molecular weight is 454 g/mol. The number of halogens is 5. The van der Waals surface area contributed by atoms with Crippen molar-refractivity contribution < 1.29 is 31.4 Å². The molecule has 5 nitrogen and oxygen atoms in total. The lowest BCUT2D eigenvalue weighted by Crippen LogP contribution is -2.42. The number of hydrogen-bond acceptors (Lipinski definition) is 4. The number of benzene rings is 1. The maximum absolute atomic E-state index is 14.4. The van der Waals surface area contributed by atoms with Gasteiger partial charge in [-0.1, -0.05) is 13.0 Å². The van der Waals surface area contributed by atoms with Gasteiger partial charge < -0.3 is 14.5 Å². The van der Waals surface area contributed by atoms with Gasteiger partial charge in [0, 0.05) is 35.6 Å². The second-order valence-corrected chi connectivity index (χ2v) is 7.82. The highest BCUT2D eigenvalue weighted by Crippen LogP contribution is 2.51. The van der Waals surface area contributed by atoms with Gasteiger partial charge in [0.05, 0.1) is 18.0 Å². The molecule has 0 bridgehead atoms. The van der Waals surface area contributed by atoms with E-state index < -0.39 is 59.5 Å². The zero-order chi connectivity index (χ0) is 23.2. The van der Waals surface area contributed by atoms with Gasteiger partial charge in [-0.2, -0.15) is 17.6 Å². The van der Waals surface area contributed by atoms with E-state index in [1.165, 1.54) is 24.5 Å². The molecule has 32 heavy (non-hydrogen) atoms. The van der Waals surface area contributed by atoms with E-state index in [0.717, 1.165) is 19.2 Å². The number of fused-ring (bicyclic) bond motifs is 1. The highest BCUT2D eigenvalue weighted by Gasteiger charge is 2.50. The molecule has 2 aromatic heterocycles. The summed E-state index contributed by atoms with van der Waals surface area (Å²) >= 11 is 0. The number of hydrogen-bond donors (Lipinski definition) is 1. The minimum absolute atomic E-state index is 0.0892. The molecular formula is C22H19F5N2O3. The van der Waals surface area contributed by atoms with Crippen molar-refractivity contribution in [1.29, 1.82) is 0 Å². The van der Waals surface area contributed by atoms with Gasteiger partial charge in [-0.05, 0) is 24.5 Å². The van der Waals surface area contributed by atoms with Crippen molar-refractivity contribution in [1.82, 2.24) is 9.97 Å². The van der Waals surface area contributed by atoms with Crippen molar-refractivity contribution in [2.45, 2.75) is 37.6 Å². The molecule has 10 heteroatoms. The van der Waals surface area contributed by atoms with Crippen molar-refractivity contribution in [3.63, 3.8) is 0 Å². The number of H-pyrrole nitrogens is 1. The van der Waals surface area contributed by atoms with Crippen LogP contribution in [0.25, 0.3) is 10.9 Å². The van der Waals surface area contributed by atoms with Gasteiger partial charge in [0.1, 0.15) is 6.10 Å². The van der Waals surface area contributed by atoms with Gasteiger partial charge in [-0.15, -0.1) is 0 Å². The van der Waals surface area contributed by atoms with Gasteiger partial charge in [0.2, 0.25) is 5.82 Å². The minimum atomic E-state index is -4.64. The molecule has 1 aliphatic rings. The average Bonchev–Trinajstić information content (AvgIpc) is 2.74. The van der Waals surface area contributed by atoms with Crippen LogP contribution in [-0.4, -0.2) is 29.4 Å². The quantitative estimate of drug-likeness (QED) is 0.565. The molecule has 1 aromatic carbocycles.